The lowest BCUT2D eigenvalue weighted by Crippen LogP contribution is -2.24. The summed E-state index contributed by atoms with van der Waals surface area (Å²) in [5.41, 5.74) is 0.533. The second-order valence-corrected chi connectivity index (χ2v) is 5.10. The van der Waals surface area contributed by atoms with Gasteiger partial charge in [-0.1, -0.05) is 13.5 Å². The number of rotatable bonds is 5. The Kier molecular flexibility index (Phi) is 5.57. The minimum atomic E-state index is -0.963. The Balaban J connectivity index is 3.16. The molecule has 0 fully saturated rings. The summed E-state index contributed by atoms with van der Waals surface area (Å²) in [7, 11) is 1.54. The summed E-state index contributed by atoms with van der Waals surface area (Å²) in [4.78, 5) is 30.6. The van der Waals surface area contributed by atoms with Gasteiger partial charge < -0.3 is 10.4 Å². The Bertz CT molecular complexity index is 648. The molecule has 108 valence electrons. The monoisotopic (exact) mass is 295 g/mol. The van der Waals surface area contributed by atoms with Gasteiger partial charge >= 0.3 is 5.97 Å². The van der Waals surface area contributed by atoms with E-state index in [1.165, 1.54) is 24.5 Å². The minimum absolute atomic E-state index is 0.239. The molecule has 0 aliphatic rings. The lowest BCUT2D eigenvalue weighted by Gasteiger charge is -2.04. The first-order chi connectivity index (χ1) is 9.38. The Hall–Kier alpha value is -2.02. The maximum Gasteiger partial charge on any atom is 0.328 e. The average Bonchev–Trinajstić information content (AvgIpc) is 2.76. The van der Waals surface area contributed by atoms with E-state index in [2.05, 4.69) is 21.9 Å². The predicted octanol–water partition coefficient (Wildman–Crippen LogP) is -0.248. The smallest absolute Gasteiger partial charge is 0.328 e. The van der Waals surface area contributed by atoms with Crippen molar-refractivity contribution in [2.75, 3.05) is 7.05 Å². The maximum atomic E-state index is 11.3. The number of nitrogens with zero attached hydrogens (tertiary/aromatic N) is 2. The average molecular weight is 295 g/mol. The van der Waals surface area contributed by atoms with Crippen LogP contribution in [0.5, 0.6) is 0 Å². The summed E-state index contributed by atoms with van der Waals surface area (Å²) in [6.45, 7) is 7.22. The van der Waals surface area contributed by atoms with E-state index in [0.717, 1.165) is 0 Å². The highest BCUT2D eigenvalue weighted by molar-refractivity contribution is 7.11. The molecule has 20 heavy (non-hydrogen) atoms. The molecule has 0 saturated carbocycles. The van der Waals surface area contributed by atoms with E-state index in [0.29, 0.717) is 27.0 Å². The molecule has 1 aromatic heterocycles. The summed E-state index contributed by atoms with van der Waals surface area (Å²) >= 11 is 1.26. The topological polar surface area (TPSA) is 91.7 Å². The van der Waals surface area contributed by atoms with Crippen molar-refractivity contribution < 1.29 is 14.7 Å². The zero-order chi connectivity index (χ0) is 15.3. The fraction of sp³-hybridized carbons (Fsp3) is 0.385. The predicted molar refractivity (Wildman–Crippen MR) is 79.3 cm³/mol. The molecule has 0 spiro atoms. The first kappa shape index (κ1) is 16.0. The fourth-order valence-corrected chi connectivity index (χ4v) is 2.33. The largest absolute Gasteiger partial charge is 0.480 e. The Morgan fingerprint density at radius 3 is 2.75 bits per heavy atom. The molecule has 0 bridgehead atoms. The van der Waals surface area contributed by atoms with E-state index in [9.17, 15) is 9.59 Å². The molecule has 0 aliphatic carbocycles. The molecule has 1 rings (SSSR count). The van der Waals surface area contributed by atoms with Crippen LogP contribution < -0.4 is 15.2 Å². The van der Waals surface area contributed by atoms with Crippen LogP contribution in [-0.4, -0.2) is 40.8 Å². The van der Waals surface area contributed by atoms with Crippen LogP contribution in [0.3, 0.4) is 0 Å². The second kappa shape index (κ2) is 6.95. The molecule has 1 atom stereocenters. The molecule has 0 aromatic carbocycles. The number of hydrogen-bond donors (Lipinski definition) is 2. The quantitative estimate of drug-likeness (QED) is 0.733. The van der Waals surface area contributed by atoms with Gasteiger partial charge in [-0.3, -0.25) is 9.79 Å². The SMILES string of the molecule is C=c1nc(C(C)=NC(CC)C(=O)O)s/c1=C/C(=O)NC. The summed E-state index contributed by atoms with van der Waals surface area (Å²) in [6, 6.07) is -0.779. The van der Waals surface area contributed by atoms with Crippen LogP contribution in [0.1, 0.15) is 25.3 Å². The van der Waals surface area contributed by atoms with E-state index in [1.54, 1.807) is 13.8 Å². The summed E-state index contributed by atoms with van der Waals surface area (Å²) in [5, 5.41) is 12.5. The number of aliphatic imine (C=N–C) groups is 1. The van der Waals surface area contributed by atoms with E-state index in [1.807, 2.05) is 0 Å². The van der Waals surface area contributed by atoms with E-state index >= 15 is 0 Å². The van der Waals surface area contributed by atoms with Crippen molar-refractivity contribution in [1.82, 2.24) is 10.3 Å². The third kappa shape index (κ3) is 3.99. The van der Waals surface area contributed by atoms with E-state index in [4.69, 9.17) is 5.11 Å². The Morgan fingerprint density at radius 1 is 1.60 bits per heavy atom. The van der Waals surface area contributed by atoms with Crippen molar-refractivity contribution in [3.8, 4) is 0 Å². The van der Waals surface area contributed by atoms with Crippen molar-refractivity contribution in [2.45, 2.75) is 26.3 Å². The molecule has 1 amide bonds. The number of aliphatic carboxylic acids is 1. The number of carbonyl (C=O) groups is 2. The van der Waals surface area contributed by atoms with Gasteiger partial charge in [0.2, 0.25) is 5.91 Å². The molecule has 7 heteroatoms. The molecule has 6 nitrogen and oxygen atoms in total. The molecule has 1 unspecified atom stereocenters. The van der Waals surface area contributed by atoms with Gasteiger partial charge in [-0.25, -0.2) is 9.78 Å². The standard InChI is InChI=1S/C13H17N3O3S/c1-5-9(13(18)19)15-8(3)12-16-7(2)10(20-12)6-11(17)14-4/h6,9H,2,5H2,1,3-4H3,(H,14,17)(H,18,19)/b10-6+,15-8?. The highest BCUT2D eigenvalue weighted by atomic mass is 32.1. The lowest BCUT2D eigenvalue weighted by molar-refractivity contribution is -0.138. The molecule has 0 saturated heterocycles. The summed E-state index contributed by atoms with van der Waals surface area (Å²) < 4.78 is 0.636. The van der Waals surface area contributed by atoms with Gasteiger partial charge in [-0.05, 0) is 13.3 Å². The van der Waals surface area contributed by atoms with Gasteiger partial charge in [-0.15, -0.1) is 11.3 Å². The third-order valence-electron chi connectivity index (χ3n) is 2.57. The fourth-order valence-electron chi connectivity index (χ4n) is 1.43. The highest BCUT2D eigenvalue weighted by Gasteiger charge is 2.14. The van der Waals surface area contributed by atoms with Crippen molar-refractivity contribution in [2.24, 2.45) is 4.99 Å². The van der Waals surface area contributed by atoms with Crippen LogP contribution in [0.15, 0.2) is 4.99 Å². The Labute approximate surface area is 120 Å². The number of hydrogen-bond acceptors (Lipinski definition) is 5. The first-order valence-corrected chi connectivity index (χ1v) is 6.87. The van der Waals surface area contributed by atoms with Crippen LogP contribution in [0, 0.1) is 0 Å². The van der Waals surface area contributed by atoms with Crippen LogP contribution in [0.4, 0.5) is 0 Å². The van der Waals surface area contributed by atoms with Gasteiger partial charge in [0.15, 0.2) is 0 Å². The molecular formula is C13H17N3O3S. The van der Waals surface area contributed by atoms with Gasteiger partial charge in [0.05, 0.1) is 15.6 Å². The van der Waals surface area contributed by atoms with Gasteiger partial charge in [0, 0.05) is 13.1 Å². The highest BCUT2D eigenvalue weighted by Crippen LogP contribution is 2.04. The zero-order valence-corrected chi connectivity index (χ0v) is 12.5. The maximum absolute atomic E-state index is 11.3. The van der Waals surface area contributed by atoms with Crippen LogP contribution >= 0.6 is 11.3 Å². The van der Waals surface area contributed by atoms with Crippen LogP contribution in [0.25, 0.3) is 12.7 Å². The minimum Gasteiger partial charge on any atom is -0.480 e. The van der Waals surface area contributed by atoms with E-state index in [-0.39, 0.29) is 5.91 Å². The summed E-state index contributed by atoms with van der Waals surface area (Å²) in [6.07, 6.45) is 1.82. The van der Waals surface area contributed by atoms with Crippen LogP contribution in [-0.2, 0) is 9.59 Å². The van der Waals surface area contributed by atoms with Gasteiger partial charge in [0.25, 0.3) is 0 Å². The number of carbonyl (C=O) groups excluding carboxylic acids is 1. The Morgan fingerprint density at radius 2 is 2.25 bits per heavy atom. The molecule has 1 heterocycles. The normalized spacial score (nSPS) is 14.2. The first-order valence-electron chi connectivity index (χ1n) is 6.05. The van der Waals surface area contributed by atoms with E-state index < -0.39 is 12.0 Å². The molecular weight excluding hydrogens is 278 g/mol. The molecule has 1 aromatic rings. The number of aromatic nitrogens is 1. The lowest BCUT2D eigenvalue weighted by atomic mass is 10.2. The molecule has 2 N–H and O–H groups in total. The van der Waals surface area contributed by atoms with Crippen molar-refractivity contribution in [3.63, 3.8) is 0 Å². The molecule has 0 radical (unpaired) electrons. The van der Waals surface area contributed by atoms with Crippen molar-refractivity contribution >= 4 is 41.6 Å². The number of carboxylic acid groups (broad SMARTS) is 1. The second-order valence-electron chi connectivity index (χ2n) is 4.07. The third-order valence-corrected chi connectivity index (χ3v) is 3.72. The number of amides is 1. The van der Waals surface area contributed by atoms with Gasteiger partial charge in [-0.2, -0.15) is 0 Å². The zero-order valence-electron chi connectivity index (χ0n) is 11.6. The van der Waals surface area contributed by atoms with Crippen molar-refractivity contribution in [3.05, 3.63) is 14.9 Å². The van der Waals surface area contributed by atoms with Crippen LogP contribution in [0.2, 0.25) is 0 Å². The number of thiazole rings is 1. The number of nitrogens with one attached hydrogen (secondary N) is 1. The van der Waals surface area contributed by atoms with Crippen molar-refractivity contribution in [1.29, 1.82) is 0 Å². The van der Waals surface area contributed by atoms with Gasteiger partial charge in [0.1, 0.15) is 11.0 Å². The number of carboxylic acids is 1. The summed E-state index contributed by atoms with van der Waals surface area (Å²) in [5.74, 6) is -1.20. The molecule has 0 aliphatic heterocycles.